The van der Waals surface area contributed by atoms with Gasteiger partial charge in [0.1, 0.15) is 11.0 Å². The van der Waals surface area contributed by atoms with Gasteiger partial charge in [-0.3, -0.25) is 4.21 Å². The van der Waals surface area contributed by atoms with Crippen molar-refractivity contribution in [3.8, 4) is 0 Å². The predicted molar refractivity (Wildman–Crippen MR) is 41.1 cm³/mol. The summed E-state index contributed by atoms with van der Waals surface area (Å²) < 4.78 is 21.0. The summed E-state index contributed by atoms with van der Waals surface area (Å²) in [5.41, 5.74) is 1.21. The molecule has 1 atom stereocenters. The first-order chi connectivity index (χ1) is 5.77. The van der Waals surface area contributed by atoms with Crippen molar-refractivity contribution in [2.24, 2.45) is 0 Å². The van der Waals surface area contributed by atoms with Gasteiger partial charge < -0.3 is 4.55 Å². The second-order valence-electron chi connectivity index (χ2n) is 2.21. The van der Waals surface area contributed by atoms with Crippen LogP contribution in [0.5, 0.6) is 0 Å². The Morgan fingerprint density at radius 2 is 2.00 bits per heavy atom. The van der Waals surface area contributed by atoms with Gasteiger partial charge in [0, 0.05) is 4.90 Å². The Labute approximate surface area is 98.5 Å². The van der Waals surface area contributed by atoms with E-state index in [1.54, 1.807) is 6.07 Å². The smallest absolute Gasteiger partial charge is 0.768 e. The maximum Gasteiger partial charge on any atom is 1.00 e. The Morgan fingerprint density at radius 3 is 2.69 bits per heavy atom. The molecule has 0 aliphatic carbocycles. The van der Waals surface area contributed by atoms with Gasteiger partial charge in [-0.2, -0.15) is 15.4 Å². The quantitative estimate of drug-likeness (QED) is 0.403. The van der Waals surface area contributed by atoms with Crippen LogP contribution in [0.3, 0.4) is 0 Å². The molecule has 1 N–H and O–H groups in total. The van der Waals surface area contributed by atoms with E-state index in [2.05, 4.69) is 15.4 Å². The minimum atomic E-state index is -2.20. The van der Waals surface area contributed by atoms with Crippen molar-refractivity contribution < 1.29 is 38.3 Å². The third kappa shape index (κ3) is 2.15. The number of aromatic amines is 1. The number of rotatable bonds is 1. The van der Waals surface area contributed by atoms with E-state index in [9.17, 15) is 8.76 Å². The molecule has 0 saturated carbocycles. The molecule has 0 aliphatic rings. The van der Waals surface area contributed by atoms with Gasteiger partial charge in [-0.1, -0.05) is 0 Å². The summed E-state index contributed by atoms with van der Waals surface area (Å²) in [7, 11) is 0. The van der Waals surface area contributed by atoms with Gasteiger partial charge in [0.05, 0.1) is 0 Å². The molecule has 0 radical (unpaired) electrons. The predicted octanol–water partition coefficient (Wildman–Crippen LogP) is -2.80. The molecular formula is C6H4N3NaO2S. The summed E-state index contributed by atoms with van der Waals surface area (Å²) in [6, 6.07) is 4.54. The molecule has 2 rings (SSSR count). The summed E-state index contributed by atoms with van der Waals surface area (Å²) in [6.45, 7) is 0. The zero-order valence-electron chi connectivity index (χ0n) is 6.85. The molecule has 2 aromatic rings. The molecule has 1 unspecified atom stereocenters. The number of H-pyrrole nitrogens is 1. The first-order valence-corrected chi connectivity index (χ1v) is 4.24. The summed E-state index contributed by atoms with van der Waals surface area (Å²) in [6.07, 6.45) is 0. The maximum absolute atomic E-state index is 10.5. The van der Waals surface area contributed by atoms with Crippen LogP contribution in [-0.4, -0.2) is 24.2 Å². The molecular weight excluding hydrogens is 201 g/mol. The fraction of sp³-hybridized carbons (Fsp3) is 0. The monoisotopic (exact) mass is 205 g/mol. The van der Waals surface area contributed by atoms with Crippen LogP contribution in [0.4, 0.5) is 0 Å². The SMILES string of the molecule is O=S([O-])c1ccc2n[nH]nc2c1.[Na+]. The van der Waals surface area contributed by atoms with Crippen LogP contribution in [-0.2, 0) is 11.1 Å². The Bertz CT molecular complexity index is 444. The van der Waals surface area contributed by atoms with Crippen LogP contribution >= 0.6 is 0 Å². The van der Waals surface area contributed by atoms with Crippen molar-refractivity contribution >= 4 is 22.1 Å². The first-order valence-electron chi connectivity index (χ1n) is 3.17. The van der Waals surface area contributed by atoms with E-state index in [-0.39, 0.29) is 34.5 Å². The van der Waals surface area contributed by atoms with E-state index in [0.717, 1.165) is 0 Å². The number of fused-ring (bicyclic) bond motifs is 1. The van der Waals surface area contributed by atoms with Gasteiger partial charge in [0.15, 0.2) is 0 Å². The zero-order valence-corrected chi connectivity index (χ0v) is 9.67. The molecule has 13 heavy (non-hydrogen) atoms. The number of nitrogens with one attached hydrogen (secondary N) is 1. The summed E-state index contributed by atoms with van der Waals surface area (Å²) >= 11 is -2.20. The molecule has 1 aromatic heterocycles. The van der Waals surface area contributed by atoms with E-state index in [4.69, 9.17) is 0 Å². The molecule has 0 bridgehead atoms. The van der Waals surface area contributed by atoms with Crippen molar-refractivity contribution in [3.05, 3.63) is 18.2 Å². The van der Waals surface area contributed by atoms with Gasteiger partial charge in [0.25, 0.3) is 0 Å². The Balaban J connectivity index is 0.000000845. The molecule has 0 fully saturated rings. The number of nitrogens with zero attached hydrogens (tertiary/aromatic N) is 2. The molecule has 1 aromatic carbocycles. The first kappa shape index (κ1) is 10.8. The standard InChI is InChI=1S/C6H5N3O2S.Na/c10-12(11)4-1-2-5-6(3-4)8-9-7-5;/h1-3H,(H,10,11)(H,7,8,9);/q;+1/p-1. The van der Waals surface area contributed by atoms with Crippen LogP contribution in [0.15, 0.2) is 23.1 Å². The fourth-order valence-corrected chi connectivity index (χ4v) is 1.31. The minimum Gasteiger partial charge on any atom is -0.768 e. The molecule has 0 amide bonds. The largest absolute Gasteiger partial charge is 1.00 e. The second kappa shape index (κ2) is 4.30. The maximum atomic E-state index is 10.5. The van der Waals surface area contributed by atoms with Gasteiger partial charge in [-0.05, 0) is 29.3 Å². The van der Waals surface area contributed by atoms with Crippen LogP contribution in [0.25, 0.3) is 11.0 Å². The van der Waals surface area contributed by atoms with Gasteiger partial charge in [0.2, 0.25) is 0 Å². The molecule has 1 heterocycles. The summed E-state index contributed by atoms with van der Waals surface area (Å²) in [5, 5.41) is 9.94. The van der Waals surface area contributed by atoms with Crippen LogP contribution in [0, 0.1) is 0 Å². The Hall–Kier alpha value is -0.270. The number of aromatic nitrogens is 3. The van der Waals surface area contributed by atoms with Crippen molar-refractivity contribution in [1.29, 1.82) is 0 Å². The van der Waals surface area contributed by atoms with Gasteiger partial charge >= 0.3 is 29.6 Å². The topological polar surface area (TPSA) is 81.7 Å². The van der Waals surface area contributed by atoms with Crippen LogP contribution < -0.4 is 29.6 Å². The summed E-state index contributed by atoms with van der Waals surface area (Å²) in [4.78, 5) is 0.219. The fourth-order valence-electron chi connectivity index (χ4n) is 0.924. The van der Waals surface area contributed by atoms with Crippen LogP contribution in [0.1, 0.15) is 0 Å². The zero-order chi connectivity index (χ0) is 8.55. The summed E-state index contributed by atoms with van der Waals surface area (Å²) in [5.74, 6) is 0. The average molecular weight is 205 g/mol. The molecule has 0 spiro atoms. The second-order valence-corrected chi connectivity index (χ2v) is 3.15. The van der Waals surface area contributed by atoms with Crippen LogP contribution in [0.2, 0.25) is 0 Å². The van der Waals surface area contributed by atoms with Crippen molar-refractivity contribution in [3.63, 3.8) is 0 Å². The van der Waals surface area contributed by atoms with E-state index in [1.807, 2.05) is 0 Å². The molecule has 0 saturated heterocycles. The Kier molecular flexibility index (Phi) is 3.57. The average Bonchev–Trinajstić information content (AvgIpc) is 2.49. The number of hydrogen-bond donors (Lipinski definition) is 1. The van der Waals surface area contributed by atoms with E-state index >= 15 is 0 Å². The van der Waals surface area contributed by atoms with E-state index in [1.165, 1.54) is 12.1 Å². The van der Waals surface area contributed by atoms with Gasteiger partial charge in [-0.25, -0.2) is 0 Å². The van der Waals surface area contributed by atoms with E-state index in [0.29, 0.717) is 11.0 Å². The minimum absolute atomic E-state index is 0. The number of benzene rings is 1. The molecule has 5 nitrogen and oxygen atoms in total. The molecule has 7 heteroatoms. The van der Waals surface area contributed by atoms with Crippen molar-refractivity contribution in [2.75, 3.05) is 0 Å². The molecule has 62 valence electrons. The van der Waals surface area contributed by atoms with Crippen molar-refractivity contribution in [2.45, 2.75) is 4.90 Å². The number of hydrogen-bond acceptors (Lipinski definition) is 4. The van der Waals surface area contributed by atoms with E-state index < -0.39 is 11.1 Å². The third-order valence-corrected chi connectivity index (χ3v) is 2.12. The normalized spacial score (nSPS) is 12.4. The van der Waals surface area contributed by atoms with Crippen molar-refractivity contribution in [1.82, 2.24) is 15.4 Å². The third-order valence-electron chi connectivity index (χ3n) is 1.48. The molecule has 0 aliphatic heterocycles. The Morgan fingerprint density at radius 1 is 1.31 bits per heavy atom. The van der Waals surface area contributed by atoms with Gasteiger partial charge in [-0.15, -0.1) is 0 Å².